The van der Waals surface area contributed by atoms with Gasteiger partial charge in [0, 0.05) is 25.0 Å². The first kappa shape index (κ1) is 10.1. The van der Waals surface area contributed by atoms with Gasteiger partial charge in [0.25, 0.3) is 0 Å². The highest BCUT2D eigenvalue weighted by Crippen LogP contribution is 2.01. The predicted octanol–water partition coefficient (Wildman–Crippen LogP) is 2.17. The molecule has 0 atom stereocenters. The Morgan fingerprint density at radius 1 is 1.62 bits per heavy atom. The van der Waals surface area contributed by atoms with Crippen molar-refractivity contribution in [2.24, 2.45) is 0 Å². The molecule has 0 aliphatic heterocycles. The summed E-state index contributed by atoms with van der Waals surface area (Å²) >= 11 is 0. The van der Waals surface area contributed by atoms with E-state index in [4.69, 9.17) is 0 Å². The van der Waals surface area contributed by atoms with E-state index in [1.807, 2.05) is 6.08 Å². The maximum absolute atomic E-state index is 3.68. The maximum atomic E-state index is 3.68. The predicted molar refractivity (Wildman–Crippen MR) is 56.6 cm³/mol. The van der Waals surface area contributed by atoms with Crippen LogP contribution in [0.2, 0.25) is 0 Å². The van der Waals surface area contributed by atoms with Gasteiger partial charge in [-0.15, -0.1) is 6.58 Å². The minimum atomic E-state index is 0.953. The largest absolute Gasteiger partial charge is 0.351 e. The van der Waals surface area contributed by atoms with Crippen molar-refractivity contribution < 1.29 is 0 Å². The van der Waals surface area contributed by atoms with Crippen LogP contribution >= 0.6 is 0 Å². The molecule has 1 rings (SSSR count). The van der Waals surface area contributed by atoms with Crippen LogP contribution in [0.15, 0.2) is 31.0 Å². The Kier molecular flexibility index (Phi) is 4.33. The first-order valence-electron chi connectivity index (χ1n) is 4.84. The standard InChI is InChI=1S/C11H18N2/c1-3-5-8-12-10-11-7-6-9-13(11)4-2/h3,6-7,9,12H,1,4-5,8,10H2,2H3. The maximum Gasteiger partial charge on any atom is 0.0359 e. The number of hydrogen-bond acceptors (Lipinski definition) is 1. The van der Waals surface area contributed by atoms with Crippen molar-refractivity contribution in [2.45, 2.75) is 26.4 Å². The summed E-state index contributed by atoms with van der Waals surface area (Å²) in [6, 6.07) is 4.25. The van der Waals surface area contributed by atoms with Gasteiger partial charge in [-0.25, -0.2) is 0 Å². The van der Waals surface area contributed by atoms with E-state index in [2.05, 4.69) is 41.7 Å². The summed E-state index contributed by atoms with van der Waals surface area (Å²) in [6.07, 6.45) is 5.09. The van der Waals surface area contributed by atoms with Gasteiger partial charge >= 0.3 is 0 Å². The zero-order valence-electron chi connectivity index (χ0n) is 8.29. The minimum absolute atomic E-state index is 0.953. The number of nitrogens with zero attached hydrogens (tertiary/aromatic N) is 1. The summed E-state index contributed by atoms with van der Waals surface area (Å²) in [6.45, 7) is 8.86. The van der Waals surface area contributed by atoms with Crippen LogP contribution in [0.4, 0.5) is 0 Å². The molecular formula is C11H18N2. The molecule has 1 aromatic heterocycles. The van der Waals surface area contributed by atoms with E-state index in [1.54, 1.807) is 0 Å². The summed E-state index contributed by atoms with van der Waals surface area (Å²) in [5, 5.41) is 3.37. The second-order valence-corrected chi connectivity index (χ2v) is 3.04. The Morgan fingerprint density at radius 2 is 2.46 bits per heavy atom. The topological polar surface area (TPSA) is 17.0 Å². The highest BCUT2D eigenvalue weighted by molar-refractivity contribution is 5.06. The molecule has 0 aliphatic rings. The summed E-state index contributed by atoms with van der Waals surface area (Å²) in [4.78, 5) is 0. The van der Waals surface area contributed by atoms with Crippen LogP contribution in [0.1, 0.15) is 19.0 Å². The highest BCUT2D eigenvalue weighted by Gasteiger charge is 1.96. The number of rotatable bonds is 6. The molecule has 2 heteroatoms. The lowest BCUT2D eigenvalue weighted by molar-refractivity contribution is 0.632. The molecule has 0 aromatic carbocycles. The van der Waals surface area contributed by atoms with Gasteiger partial charge in [-0.3, -0.25) is 0 Å². The second-order valence-electron chi connectivity index (χ2n) is 3.04. The average Bonchev–Trinajstić information content (AvgIpc) is 2.60. The summed E-state index contributed by atoms with van der Waals surface area (Å²) in [7, 11) is 0. The third-order valence-electron chi connectivity index (χ3n) is 2.10. The third-order valence-corrected chi connectivity index (χ3v) is 2.10. The normalized spacial score (nSPS) is 10.2. The van der Waals surface area contributed by atoms with Crippen molar-refractivity contribution in [1.29, 1.82) is 0 Å². The van der Waals surface area contributed by atoms with Crippen LogP contribution in [0.25, 0.3) is 0 Å². The van der Waals surface area contributed by atoms with Gasteiger partial charge in [0.2, 0.25) is 0 Å². The van der Waals surface area contributed by atoms with Gasteiger partial charge in [0.05, 0.1) is 0 Å². The van der Waals surface area contributed by atoms with Crippen molar-refractivity contribution >= 4 is 0 Å². The number of nitrogens with one attached hydrogen (secondary N) is 1. The molecule has 72 valence electrons. The molecule has 0 aliphatic carbocycles. The van der Waals surface area contributed by atoms with E-state index in [-0.39, 0.29) is 0 Å². The van der Waals surface area contributed by atoms with Crippen molar-refractivity contribution in [2.75, 3.05) is 6.54 Å². The van der Waals surface area contributed by atoms with Crippen molar-refractivity contribution in [3.8, 4) is 0 Å². The fourth-order valence-electron chi connectivity index (χ4n) is 1.34. The van der Waals surface area contributed by atoms with Crippen LogP contribution in [-0.4, -0.2) is 11.1 Å². The fraction of sp³-hybridized carbons (Fsp3) is 0.455. The van der Waals surface area contributed by atoms with E-state index in [0.29, 0.717) is 0 Å². The van der Waals surface area contributed by atoms with Gasteiger partial charge in [-0.2, -0.15) is 0 Å². The van der Waals surface area contributed by atoms with Crippen LogP contribution in [-0.2, 0) is 13.1 Å². The van der Waals surface area contributed by atoms with Crippen molar-refractivity contribution in [3.63, 3.8) is 0 Å². The lowest BCUT2D eigenvalue weighted by Gasteiger charge is -2.06. The minimum Gasteiger partial charge on any atom is -0.351 e. The molecular weight excluding hydrogens is 160 g/mol. The van der Waals surface area contributed by atoms with Crippen LogP contribution in [0, 0.1) is 0 Å². The molecule has 0 amide bonds. The Labute approximate surface area is 80.3 Å². The summed E-state index contributed by atoms with van der Waals surface area (Å²) < 4.78 is 2.25. The second kappa shape index (κ2) is 5.60. The zero-order chi connectivity index (χ0) is 9.52. The van der Waals surface area contributed by atoms with Gasteiger partial charge in [0.15, 0.2) is 0 Å². The first-order chi connectivity index (χ1) is 6.38. The number of hydrogen-bond donors (Lipinski definition) is 1. The zero-order valence-corrected chi connectivity index (χ0v) is 8.29. The monoisotopic (exact) mass is 178 g/mol. The van der Waals surface area contributed by atoms with E-state index < -0.39 is 0 Å². The van der Waals surface area contributed by atoms with Gasteiger partial charge < -0.3 is 9.88 Å². The van der Waals surface area contributed by atoms with E-state index in [0.717, 1.165) is 26.1 Å². The van der Waals surface area contributed by atoms with Crippen LogP contribution < -0.4 is 5.32 Å². The molecule has 0 bridgehead atoms. The van der Waals surface area contributed by atoms with E-state index in [9.17, 15) is 0 Å². The summed E-state index contributed by atoms with van der Waals surface area (Å²) in [5.41, 5.74) is 1.35. The quantitative estimate of drug-likeness (QED) is 0.522. The third kappa shape index (κ3) is 3.07. The first-order valence-corrected chi connectivity index (χ1v) is 4.84. The number of aryl methyl sites for hydroxylation is 1. The Bertz CT molecular complexity index is 250. The lowest BCUT2D eigenvalue weighted by atomic mass is 10.4. The molecule has 2 nitrogen and oxygen atoms in total. The number of aromatic nitrogens is 1. The lowest BCUT2D eigenvalue weighted by Crippen LogP contribution is -2.16. The Morgan fingerprint density at radius 3 is 3.15 bits per heavy atom. The van der Waals surface area contributed by atoms with Crippen LogP contribution in [0.3, 0.4) is 0 Å². The summed E-state index contributed by atoms with van der Waals surface area (Å²) in [5.74, 6) is 0. The molecule has 1 heterocycles. The molecule has 0 saturated heterocycles. The van der Waals surface area contributed by atoms with E-state index >= 15 is 0 Å². The van der Waals surface area contributed by atoms with Gasteiger partial charge in [0.1, 0.15) is 0 Å². The molecule has 1 aromatic rings. The molecule has 1 N–H and O–H groups in total. The van der Waals surface area contributed by atoms with Crippen LogP contribution in [0.5, 0.6) is 0 Å². The van der Waals surface area contributed by atoms with Gasteiger partial charge in [-0.1, -0.05) is 6.08 Å². The van der Waals surface area contributed by atoms with Crippen molar-refractivity contribution in [3.05, 3.63) is 36.7 Å². The SMILES string of the molecule is C=CCCNCc1cccn1CC. The smallest absolute Gasteiger partial charge is 0.0359 e. The average molecular weight is 178 g/mol. The molecule has 0 spiro atoms. The molecule has 0 unspecified atom stereocenters. The molecule has 0 fully saturated rings. The van der Waals surface area contributed by atoms with Gasteiger partial charge in [-0.05, 0) is 32.0 Å². The van der Waals surface area contributed by atoms with Crippen molar-refractivity contribution in [1.82, 2.24) is 9.88 Å². The molecule has 13 heavy (non-hydrogen) atoms. The molecule has 0 saturated carbocycles. The molecule has 0 radical (unpaired) electrons. The fourth-order valence-corrected chi connectivity index (χ4v) is 1.34. The van der Waals surface area contributed by atoms with E-state index in [1.165, 1.54) is 5.69 Å². The Balaban J connectivity index is 2.31. The Hall–Kier alpha value is -1.02. The highest BCUT2D eigenvalue weighted by atomic mass is 15.0.